The van der Waals surface area contributed by atoms with E-state index in [4.69, 9.17) is 4.52 Å². The summed E-state index contributed by atoms with van der Waals surface area (Å²) in [5.74, 6) is 2.87. The second-order valence-corrected chi connectivity index (χ2v) is 6.72. The molecule has 2 heterocycles. The van der Waals surface area contributed by atoms with Crippen LogP contribution in [-0.4, -0.2) is 49.2 Å². The van der Waals surface area contributed by atoms with Crippen LogP contribution in [0.3, 0.4) is 0 Å². The zero-order chi connectivity index (χ0) is 17.4. The van der Waals surface area contributed by atoms with E-state index in [0.29, 0.717) is 18.4 Å². The molecule has 1 fully saturated rings. The third-order valence-electron chi connectivity index (χ3n) is 4.77. The van der Waals surface area contributed by atoms with Crippen LogP contribution in [0.15, 0.2) is 15.6 Å². The molecule has 0 aromatic carbocycles. The molecule has 7 heteroatoms. The molecule has 1 aliphatic heterocycles. The number of guanidine groups is 1. The molecule has 1 unspecified atom stereocenters. The maximum absolute atomic E-state index is 5.45. The van der Waals surface area contributed by atoms with E-state index in [0.717, 1.165) is 49.9 Å². The normalized spacial score (nSPS) is 18.4. The van der Waals surface area contributed by atoms with Gasteiger partial charge in [0.1, 0.15) is 6.54 Å². The van der Waals surface area contributed by atoms with Gasteiger partial charge in [-0.3, -0.25) is 0 Å². The van der Waals surface area contributed by atoms with Crippen LogP contribution >= 0.6 is 24.0 Å². The first-order valence-electron chi connectivity index (χ1n) is 9.32. The van der Waals surface area contributed by atoms with Gasteiger partial charge in [-0.25, -0.2) is 4.99 Å². The van der Waals surface area contributed by atoms with Crippen molar-refractivity contribution < 1.29 is 4.52 Å². The summed E-state index contributed by atoms with van der Waals surface area (Å²) in [6.45, 7) is 11.2. The molecule has 1 aliphatic rings. The van der Waals surface area contributed by atoms with Crippen molar-refractivity contribution >= 4 is 29.9 Å². The summed E-state index contributed by atoms with van der Waals surface area (Å²) in [6, 6.07) is 2.05. The number of nitrogens with zero attached hydrogens (tertiary/aromatic N) is 3. The van der Waals surface area contributed by atoms with Crippen molar-refractivity contribution in [2.24, 2.45) is 10.9 Å². The summed E-state index contributed by atoms with van der Waals surface area (Å²) in [5.41, 5.74) is 1.05. The Kier molecular flexibility index (Phi) is 10.4. The van der Waals surface area contributed by atoms with Gasteiger partial charge in [-0.2, -0.15) is 0 Å². The molecule has 2 rings (SSSR count). The summed E-state index contributed by atoms with van der Waals surface area (Å²) in [6.07, 6.45) is 3.43. The molecule has 144 valence electrons. The van der Waals surface area contributed by atoms with E-state index in [1.807, 2.05) is 0 Å². The van der Waals surface area contributed by atoms with Crippen LogP contribution in [0.1, 0.15) is 57.4 Å². The highest BCUT2D eigenvalue weighted by Crippen LogP contribution is 2.22. The average Bonchev–Trinajstić information content (AvgIpc) is 3.21. The molecule has 0 bridgehead atoms. The quantitative estimate of drug-likeness (QED) is 0.352. The first kappa shape index (κ1) is 22.2. The average molecular weight is 463 g/mol. The molecule has 1 aromatic rings. The van der Waals surface area contributed by atoms with E-state index in [-0.39, 0.29) is 24.0 Å². The molecule has 6 nitrogen and oxygen atoms in total. The number of likely N-dealkylation sites (tertiary alicyclic amines) is 1. The summed E-state index contributed by atoms with van der Waals surface area (Å²) in [4.78, 5) is 7.01. The number of nitrogens with one attached hydrogen (secondary N) is 2. The minimum atomic E-state index is 0. The zero-order valence-electron chi connectivity index (χ0n) is 16.0. The van der Waals surface area contributed by atoms with Crippen molar-refractivity contribution in [3.63, 3.8) is 0 Å². The summed E-state index contributed by atoms with van der Waals surface area (Å²) < 4.78 is 5.45. The minimum absolute atomic E-state index is 0. The number of aromatic nitrogens is 1. The predicted molar refractivity (Wildman–Crippen MR) is 114 cm³/mol. The minimum Gasteiger partial charge on any atom is -0.359 e. The van der Waals surface area contributed by atoms with E-state index in [1.165, 1.54) is 13.0 Å². The molecule has 1 atom stereocenters. The Morgan fingerprint density at radius 1 is 1.36 bits per heavy atom. The number of hydrogen-bond donors (Lipinski definition) is 2. The highest BCUT2D eigenvalue weighted by atomic mass is 127. The van der Waals surface area contributed by atoms with Gasteiger partial charge < -0.3 is 20.1 Å². The van der Waals surface area contributed by atoms with Crippen molar-refractivity contribution in [1.29, 1.82) is 0 Å². The molecular weight excluding hydrogens is 429 g/mol. The van der Waals surface area contributed by atoms with E-state index in [2.05, 4.69) is 59.6 Å². The molecule has 0 aliphatic carbocycles. The van der Waals surface area contributed by atoms with Crippen molar-refractivity contribution in [2.75, 3.05) is 33.2 Å². The monoisotopic (exact) mass is 463 g/mol. The van der Waals surface area contributed by atoms with Gasteiger partial charge in [-0.15, -0.1) is 24.0 Å². The molecule has 0 spiro atoms. The highest BCUT2D eigenvalue weighted by molar-refractivity contribution is 14.0. The number of hydrogen-bond acceptors (Lipinski definition) is 4. The van der Waals surface area contributed by atoms with Gasteiger partial charge in [0.25, 0.3) is 0 Å². The standard InChI is InChI=1S/C18H33N5O.HI/c1-5-15(6-2)17-10-16(24-22-17)12-21-18(19-7-3)20-11-14-8-9-23(4)13-14;/h10,14-15H,5-9,11-13H2,1-4H3,(H2,19,20,21);1H. The largest absolute Gasteiger partial charge is 0.359 e. The molecule has 1 aromatic heterocycles. The molecule has 0 amide bonds. The smallest absolute Gasteiger partial charge is 0.191 e. The number of halogens is 1. The molecule has 1 saturated heterocycles. The fourth-order valence-electron chi connectivity index (χ4n) is 3.24. The van der Waals surface area contributed by atoms with Gasteiger partial charge in [0.15, 0.2) is 11.7 Å². The van der Waals surface area contributed by atoms with Gasteiger partial charge in [0, 0.05) is 31.6 Å². The lowest BCUT2D eigenvalue weighted by Gasteiger charge is -2.15. The number of aliphatic imine (C=N–C) groups is 1. The summed E-state index contributed by atoms with van der Waals surface area (Å²) in [7, 11) is 2.18. The van der Waals surface area contributed by atoms with Gasteiger partial charge >= 0.3 is 0 Å². The van der Waals surface area contributed by atoms with Gasteiger partial charge in [0.05, 0.1) is 5.69 Å². The van der Waals surface area contributed by atoms with Crippen molar-refractivity contribution in [2.45, 2.75) is 52.5 Å². The molecule has 25 heavy (non-hydrogen) atoms. The molecule has 2 N–H and O–H groups in total. The molecular formula is C18H34IN5O. The Bertz CT molecular complexity index is 515. The predicted octanol–water partition coefficient (Wildman–Crippen LogP) is 3.20. The lowest BCUT2D eigenvalue weighted by Crippen LogP contribution is -2.40. The van der Waals surface area contributed by atoms with Gasteiger partial charge in [0.2, 0.25) is 0 Å². The maximum Gasteiger partial charge on any atom is 0.191 e. The third-order valence-corrected chi connectivity index (χ3v) is 4.77. The lowest BCUT2D eigenvalue weighted by molar-refractivity contribution is 0.372. The Labute approximate surface area is 169 Å². The molecule has 0 saturated carbocycles. The van der Waals surface area contributed by atoms with Crippen molar-refractivity contribution in [1.82, 2.24) is 20.7 Å². The Balaban J connectivity index is 0.00000312. The highest BCUT2D eigenvalue weighted by Gasteiger charge is 2.19. The van der Waals surface area contributed by atoms with E-state index < -0.39 is 0 Å². The Morgan fingerprint density at radius 2 is 2.12 bits per heavy atom. The van der Waals surface area contributed by atoms with Crippen LogP contribution in [0, 0.1) is 5.92 Å². The first-order chi connectivity index (χ1) is 11.7. The third kappa shape index (κ3) is 7.13. The van der Waals surface area contributed by atoms with Crippen LogP contribution in [-0.2, 0) is 6.54 Å². The first-order valence-corrected chi connectivity index (χ1v) is 9.32. The maximum atomic E-state index is 5.45. The molecule has 0 radical (unpaired) electrons. The lowest BCUT2D eigenvalue weighted by atomic mass is 9.99. The summed E-state index contributed by atoms with van der Waals surface area (Å²) >= 11 is 0. The van der Waals surface area contributed by atoms with Crippen molar-refractivity contribution in [3.8, 4) is 0 Å². The van der Waals surface area contributed by atoms with E-state index in [9.17, 15) is 0 Å². The fraction of sp³-hybridized carbons (Fsp3) is 0.778. The van der Waals surface area contributed by atoms with E-state index >= 15 is 0 Å². The van der Waals surface area contributed by atoms with Crippen LogP contribution in [0.5, 0.6) is 0 Å². The van der Waals surface area contributed by atoms with Crippen LogP contribution in [0.4, 0.5) is 0 Å². The summed E-state index contributed by atoms with van der Waals surface area (Å²) in [5, 5.41) is 11.0. The van der Waals surface area contributed by atoms with Crippen LogP contribution in [0.25, 0.3) is 0 Å². The van der Waals surface area contributed by atoms with Crippen LogP contribution < -0.4 is 10.6 Å². The Hall–Kier alpha value is -0.830. The van der Waals surface area contributed by atoms with Crippen molar-refractivity contribution in [3.05, 3.63) is 17.5 Å². The number of rotatable bonds is 8. The van der Waals surface area contributed by atoms with Gasteiger partial charge in [-0.1, -0.05) is 19.0 Å². The topological polar surface area (TPSA) is 65.7 Å². The zero-order valence-corrected chi connectivity index (χ0v) is 18.4. The second-order valence-electron chi connectivity index (χ2n) is 6.72. The van der Waals surface area contributed by atoms with E-state index in [1.54, 1.807) is 0 Å². The Morgan fingerprint density at radius 3 is 2.72 bits per heavy atom. The fourth-order valence-corrected chi connectivity index (χ4v) is 3.24. The SMILES string of the molecule is CCNC(=NCc1cc(C(CC)CC)no1)NCC1CCN(C)C1.I. The van der Waals surface area contributed by atoms with Crippen LogP contribution in [0.2, 0.25) is 0 Å². The van der Waals surface area contributed by atoms with Gasteiger partial charge in [-0.05, 0) is 45.7 Å². The second kappa shape index (κ2) is 11.7.